The summed E-state index contributed by atoms with van der Waals surface area (Å²) in [5.74, 6) is -2.71. The molecule has 0 spiro atoms. The van der Waals surface area contributed by atoms with E-state index in [1.54, 1.807) is 97.1 Å². The van der Waals surface area contributed by atoms with E-state index >= 15 is 0 Å². The van der Waals surface area contributed by atoms with Crippen LogP contribution >= 0.6 is 0 Å². The SMILES string of the molecule is O=C(C(=O)c1ccccc1[N]c1ccccc1C(=O)C(=O)c1ccccc1)c1ccccc1. The molecule has 0 aliphatic heterocycles. The minimum atomic E-state index is -0.704. The molecule has 5 heteroatoms. The van der Waals surface area contributed by atoms with Crippen LogP contribution in [0.25, 0.3) is 0 Å². The number of carbonyl (C=O) groups is 4. The van der Waals surface area contributed by atoms with E-state index in [9.17, 15) is 19.2 Å². The maximum atomic E-state index is 12.9. The number of hydrogen-bond acceptors (Lipinski definition) is 4. The van der Waals surface area contributed by atoms with E-state index in [1.165, 1.54) is 12.1 Å². The predicted molar refractivity (Wildman–Crippen MR) is 125 cm³/mol. The van der Waals surface area contributed by atoms with Crippen LogP contribution in [0.2, 0.25) is 0 Å². The average Bonchev–Trinajstić information content (AvgIpc) is 2.88. The topological polar surface area (TPSA) is 82.4 Å². The Hall–Kier alpha value is -4.64. The van der Waals surface area contributed by atoms with Crippen LogP contribution in [-0.4, -0.2) is 23.1 Å². The van der Waals surface area contributed by atoms with Gasteiger partial charge in [-0.3, -0.25) is 19.2 Å². The van der Waals surface area contributed by atoms with Gasteiger partial charge < -0.3 is 0 Å². The number of Topliss-reactive ketones (excluding diaryl/α,β-unsaturated/α-hetero) is 4. The van der Waals surface area contributed by atoms with E-state index in [1.807, 2.05) is 0 Å². The highest BCUT2D eigenvalue weighted by Crippen LogP contribution is 2.26. The first kappa shape index (κ1) is 21.6. The molecule has 5 nitrogen and oxygen atoms in total. The molecule has 4 rings (SSSR count). The summed E-state index contributed by atoms with van der Waals surface area (Å²) in [4.78, 5) is 51.2. The van der Waals surface area contributed by atoms with Crippen molar-refractivity contribution in [1.82, 2.24) is 5.32 Å². The van der Waals surface area contributed by atoms with Crippen molar-refractivity contribution in [3.05, 3.63) is 131 Å². The molecule has 0 heterocycles. The van der Waals surface area contributed by atoms with E-state index in [4.69, 9.17) is 0 Å². The summed E-state index contributed by atoms with van der Waals surface area (Å²) >= 11 is 0. The quantitative estimate of drug-likeness (QED) is 0.276. The minimum absolute atomic E-state index is 0.114. The second-order valence-corrected chi connectivity index (χ2v) is 7.19. The Morgan fingerprint density at radius 2 is 0.727 bits per heavy atom. The summed E-state index contributed by atoms with van der Waals surface area (Å²) in [6.07, 6.45) is 0. The lowest BCUT2D eigenvalue weighted by Gasteiger charge is -2.11. The van der Waals surface area contributed by atoms with Gasteiger partial charge in [-0.1, -0.05) is 84.9 Å². The van der Waals surface area contributed by atoms with Crippen molar-refractivity contribution in [3.8, 4) is 0 Å². The van der Waals surface area contributed by atoms with Crippen molar-refractivity contribution in [1.29, 1.82) is 0 Å². The molecule has 159 valence electrons. The zero-order valence-corrected chi connectivity index (χ0v) is 17.5. The van der Waals surface area contributed by atoms with Gasteiger partial charge in [0, 0.05) is 11.1 Å². The van der Waals surface area contributed by atoms with E-state index in [-0.39, 0.29) is 33.6 Å². The molecule has 0 aliphatic rings. The van der Waals surface area contributed by atoms with Crippen LogP contribution in [-0.2, 0) is 0 Å². The zero-order valence-electron chi connectivity index (χ0n) is 17.5. The summed E-state index contributed by atoms with van der Waals surface area (Å²) in [6.45, 7) is 0. The van der Waals surface area contributed by atoms with Crippen LogP contribution in [0.4, 0.5) is 11.4 Å². The molecule has 0 fully saturated rings. The molecule has 0 bridgehead atoms. The lowest BCUT2D eigenvalue weighted by molar-refractivity contribution is 0.0816. The third kappa shape index (κ3) is 4.67. The van der Waals surface area contributed by atoms with E-state index in [0.29, 0.717) is 0 Å². The molecule has 0 aliphatic carbocycles. The molecule has 0 saturated heterocycles. The van der Waals surface area contributed by atoms with Gasteiger partial charge in [-0.25, -0.2) is 5.32 Å². The Bertz CT molecular complexity index is 1240. The Kier molecular flexibility index (Phi) is 6.32. The Balaban J connectivity index is 1.65. The highest BCUT2D eigenvalue weighted by atomic mass is 16.2. The van der Waals surface area contributed by atoms with Crippen LogP contribution in [0.1, 0.15) is 41.4 Å². The van der Waals surface area contributed by atoms with Crippen molar-refractivity contribution in [3.63, 3.8) is 0 Å². The fraction of sp³-hybridized carbons (Fsp3) is 0. The number of carbonyl (C=O) groups excluding carboxylic acids is 4. The highest BCUT2D eigenvalue weighted by molar-refractivity contribution is 6.50. The molecule has 0 aromatic heterocycles. The number of para-hydroxylation sites is 2. The molecule has 0 N–H and O–H groups in total. The Labute approximate surface area is 190 Å². The van der Waals surface area contributed by atoms with Crippen LogP contribution < -0.4 is 5.32 Å². The van der Waals surface area contributed by atoms with Gasteiger partial charge in [-0.05, 0) is 24.3 Å². The van der Waals surface area contributed by atoms with Crippen molar-refractivity contribution in [2.45, 2.75) is 0 Å². The van der Waals surface area contributed by atoms with Crippen molar-refractivity contribution < 1.29 is 19.2 Å². The lowest BCUT2D eigenvalue weighted by atomic mass is 9.98. The van der Waals surface area contributed by atoms with E-state index < -0.39 is 23.1 Å². The van der Waals surface area contributed by atoms with Crippen molar-refractivity contribution in [2.24, 2.45) is 0 Å². The summed E-state index contributed by atoms with van der Waals surface area (Å²) in [5.41, 5.74) is 1.26. The summed E-state index contributed by atoms with van der Waals surface area (Å²) in [5, 5.41) is 4.49. The maximum absolute atomic E-state index is 12.9. The average molecular weight is 432 g/mol. The van der Waals surface area contributed by atoms with Crippen molar-refractivity contribution in [2.75, 3.05) is 0 Å². The van der Waals surface area contributed by atoms with Crippen LogP contribution in [0, 0.1) is 0 Å². The predicted octanol–water partition coefficient (Wildman–Crippen LogP) is 5.39. The van der Waals surface area contributed by atoms with Crippen LogP contribution in [0.3, 0.4) is 0 Å². The van der Waals surface area contributed by atoms with E-state index in [2.05, 4.69) is 5.32 Å². The normalized spacial score (nSPS) is 10.3. The fourth-order valence-electron chi connectivity index (χ4n) is 3.34. The van der Waals surface area contributed by atoms with Gasteiger partial charge >= 0.3 is 0 Å². The van der Waals surface area contributed by atoms with Gasteiger partial charge in [0.1, 0.15) is 0 Å². The third-order valence-corrected chi connectivity index (χ3v) is 5.02. The molecule has 4 aromatic carbocycles. The molecule has 4 aromatic rings. The number of benzene rings is 4. The highest BCUT2D eigenvalue weighted by Gasteiger charge is 2.24. The molecule has 0 unspecified atom stereocenters. The van der Waals surface area contributed by atoms with Gasteiger partial charge in [0.05, 0.1) is 22.5 Å². The fourth-order valence-corrected chi connectivity index (χ4v) is 3.34. The smallest absolute Gasteiger partial charge is 0.235 e. The first-order valence-corrected chi connectivity index (χ1v) is 10.2. The van der Waals surface area contributed by atoms with Crippen LogP contribution in [0.5, 0.6) is 0 Å². The molecule has 33 heavy (non-hydrogen) atoms. The Morgan fingerprint density at radius 1 is 0.394 bits per heavy atom. The maximum Gasteiger partial charge on any atom is 0.235 e. The summed E-state index contributed by atoms with van der Waals surface area (Å²) < 4.78 is 0. The minimum Gasteiger partial charge on any atom is -0.285 e. The number of hydrogen-bond donors (Lipinski definition) is 0. The lowest BCUT2D eigenvalue weighted by Crippen LogP contribution is -2.17. The summed E-state index contributed by atoms with van der Waals surface area (Å²) in [7, 11) is 0. The van der Waals surface area contributed by atoms with Crippen molar-refractivity contribution >= 4 is 34.5 Å². The van der Waals surface area contributed by atoms with Gasteiger partial charge in [0.15, 0.2) is 0 Å². The standard InChI is InChI=1S/C28H18NO4/c30-25(19-11-3-1-4-12-19)27(32)21-15-7-9-17-23(21)29-24-18-10-8-16-22(24)28(33)26(31)20-13-5-2-6-14-20/h1-18H. The molecular weight excluding hydrogens is 414 g/mol. The zero-order chi connectivity index (χ0) is 23.2. The van der Waals surface area contributed by atoms with Gasteiger partial charge in [-0.15, -0.1) is 0 Å². The van der Waals surface area contributed by atoms with Crippen LogP contribution in [0.15, 0.2) is 109 Å². The second-order valence-electron chi connectivity index (χ2n) is 7.19. The number of rotatable bonds is 8. The Morgan fingerprint density at radius 3 is 1.12 bits per heavy atom. The summed E-state index contributed by atoms with van der Waals surface area (Å²) in [6, 6.07) is 29.4. The first-order valence-electron chi connectivity index (χ1n) is 10.2. The molecule has 0 saturated carbocycles. The molecular formula is C28H18NO4. The number of ketones is 4. The molecule has 0 amide bonds. The van der Waals surface area contributed by atoms with E-state index in [0.717, 1.165) is 0 Å². The van der Waals surface area contributed by atoms with Gasteiger partial charge in [0.25, 0.3) is 0 Å². The van der Waals surface area contributed by atoms with Gasteiger partial charge in [0.2, 0.25) is 23.1 Å². The number of nitrogens with zero attached hydrogens (tertiary/aromatic N) is 1. The second kappa shape index (κ2) is 9.66. The van der Waals surface area contributed by atoms with Gasteiger partial charge in [-0.2, -0.15) is 0 Å². The molecule has 1 radical (unpaired) electrons. The molecule has 0 atom stereocenters. The third-order valence-electron chi connectivity index (χ3n) is 5.02. The largest absolute Gasteiger partial charge is 0.285 e. The first-order chi connectivity index (χ1) is 16.1. The monoisotopic (exact) mass is 432 g/mol.